The first-order valence-electron chi connectivity index (χ1n) is 8.42. The maximum absolute atomic E-state index is 13.1. The number of carboxylic acids is 1. The number of amides is 2. The van der Waals surface area contributed by atoms with Crippen molar-refractivity contribution < 1.29 is 27.9 Å². The lowest BCUT2D eigenvalue weighted by atomic mass is 10.1. The highest BCUT2D eigenvalue weighted by Gasteiger charge is 2.46. The van der Waals surface area contributed by atoms with Crippen molar-refractivity contribution >= 4 is 83.1 Å². The molecule has 3 heterocycles. The number of anilines is 1. The molecule has 1 N–H and O–H groups in total. The zero-order chi connectivity index (χ0) is 21.1. The van der Waals surface area contributed by atoms with E-state index in [1.165, 1.54) is 4.90 Å². The van der Waals surface area contributed by atoms with E-state index in [1.807, 2.05) is 0 Å². The van der Waals surface area contributed by atoms with Gasteiger partial charge < -0.3 is 5.11 Å². The van der Waals surface area contributed by atoms with E-state index in [9.17, 15) is 27.9 Å². The van der Waals surface area contributed by atoms with E-state index in [4.69, 9.17) is 12.2 Å². The second kappa shape index (κ2) is 7.18. The SMILES string of the molecule is O=C(O)CN1C(=O)/C(=C2/SC(=S)N([C@@H]3CCS(=O)(=O)C3)C2=O)c2cc(Br)ccc21. The molecule has 3 aliphatic rings. The van der Waals surface area contributed by atoms with E-state index in [0.29, 0.717) is 22.1 Å². The molecule has 0 spiro atoms. The Hall–Kier alpha value is -1.76. The Morgan fingerprint density at radius 2 is 2.03 bits per heavy atom. The number of fused-ring (bicyclic) bond motifs is 1. The predicted octanol–water partition coefficient (Wildman–Crippen LogP) is 1.64. The van der Waals surface area contributed by atoms with Crippen LogP contribution in [0.1, 0.15) is 12.0 Å². The lowest BCUT2D eigenvalue weighted by Gasteiger charge is -2.21. The average Bonchev–Trinajstić information content (AvgIpc) is 3.20. The first-order chi connectivity index (χ1) is 13.6. The number of hydrogen-bond acceptors (Lipinski definition) is 7. The van der Waals surface area contributed by atoms with Crippen molar-refractivity contribution in [3.05, 3.63) is 33.1 Å². The molecule has 8 nitrogen and oxygen atoms in total. The largest absolute Gasteiger partial charge is 0.480 e. The van der Waals surface area contributed by atoms with Gasteiger partial charge in [0.15, 0.2) is 9.84 Å². The lowest BCUT2D eigenvalue weighted by Crippen LogP contribution is -2.39. The van der Waals surface area contributed by atoms with E-state index in [-0.39, 0.29) is 26.3 Å². The van der Waals surface area contributed by atoms with Crippen molar-refractivity contribution in [2.75, 3.05) is 23.0 Å². The van der Waals surface area contributed by atoms with Crippen LogP contribution in [0.5, 0.6) is 0 Å². The zero-order valence-electron chi connectivity index (χ0n) is 14.6. The van der Waals surface area contributed by atoms with Crippen LogP contribution in [0.25, 0.3) is 5.57 Å². The van der Waals surface area contributed by atoms with Crippen LogP contribution in [0.2, 0.25) is 0 Å². The second-order valence-corrected chi connectivity index (χ2v) is 11.5. The summed E-state index contributed by atoms with van der Waals surface area (Å²) in [5.41, 5.74) is 0.915. The highest BCUT2D eigenvalue weighted by Crippen LogP contribution is 2.46. The molecule has 29 heavy (non-hydrogen) atoms. The number of sulfone groups is 1. The maximum atomic E-state index is 13.1. The molecular formula is C17H13BrN2O6S3. The van der Waals surface area contributed by atoms with Gasteiger partial charge in [-0.1, -0.05) is 39.9 Å². The molecule has 152 valence electrons. The van der Waals surface area contributed by atoms with Crippen LogP contribution in [0, 0.1) is 0 Å². The Morgan fingerprint density at radius 1 is 1.31 bits per heavy atom. The number of carbonyl (C=O) groups excluding carboxylic acids is 2. The number of nitrogens with zero attached hydrogens (tertiary/aromatic N) is 2. The minimum absolute atomic E-state index is 0.0122. The van der Waals surface area contributed by atoms with Gasteiger partial charge >= 0.3 is 5.97 Å². The topological polar surface area (TPSA) is 112 Å². The Balaban J connectivity index is 1.80. The first-order valence-corrected chi connectivity index (χ1v) is 12.3. The smallest absolute Gasteiger partial charge is 0.323 e. The third kappa shape index (κ3) is 3.51. The Morgan fingerprint density at radius 3 is 2.66 bits per heavy atom. The van der Waals surface area contributed by atoms with Gasteiger partial charge in [-0.2, -0.15) is 0 Å². The van der Waals surface area contributed by atoms with Crippen molar-refractivity contribution in [2.45, 2.75) is 12.5 Å². The molecule has 0 bridgehead atoms. The van der Waals surface area contributed by atoms with Crippen molar-refractivity contribution in [1.82, 2.24) is 4.90 Å². The molecule has 2 fully saturated rings. The van der Waals surface area contributed by atoms with Gasteiger partial charge in [0.05, 0.1) is 33.7 Å². The molecule has 1 atom stereocenters. The summed E-state index contributed by atoms with van der Waals surface area (Å²) in [5, 5.41) is 9.17. The minimum Gasteiger partial charge on any atom is -0.480 e. The molecule has 1 aromatic carbocycles. The molecule has 0 aromatic heterocycles. The molecule has 3 aliphatic heterocycles. The van der Waals surface area contributed by atoms with Gasteiger partial charge in [-0.3, -0.25) is 24.2 Å². The normalized spacial score (nSPS) is 25.8. The van der Waals surface area contributed by atoms with Crippen molar-refractivity contribution in [2.24, 2.45) is 0 Å². The summed E-state index contributed by atoms with van der Waals surface area (Å²) in [5.74, 6) is -2.48. The van der Waals surface area contributed by atoms with Crippen molar-refractivity contribution in [3.8, 4) is 0 Å². The molecule has 2 saturated heterocycles. The van der Waals surface area contributed by atoms with Crippen molar-refractivity contribution in [1.29, 1.82) is 0 Å². The van der Waals surface area contributed by atoms with Gasteiger partial charge in [0.1, 0.15) is 10.9 Å². The molecule has 12 heteroatoms. The van der Waals surface area contributed by atoms with Gasteiger partial charge in [0, 0.05) is 10.0 Å². The van der Waals surface area contributed by atoms with E-state index in [0.717, 1.165) is 16.7 Å². The number of halogens is 1. The minimum atomic E-state index is -3.23. The summed E-state index contributed by atoms with van der Waals surface area (Å²) < 4.78 is 24.5. The van der Waals surface area contributed by atoms with Gasteiger partial charge in [-0.15, -0.1) is 0 Å². The van der Waals surface area contributed by atoms with E-state index in [1.54, 1.807) is 18.2 Å². The molecule has 0 unspecified atom stereocenters. The maximum Gasteiger partial charge on any atom is 0.323 e. The first kappa shape index (κ1) is 20.5. The van der Waals surface area contributed by atoms with Crippen LogP contribution in [-0.4, -0.2) is 64.6 Å². The third-order valence-corrected chi connectivity index (χ3v) is 8.52. The zero-order valence-corrected chi connectivity index (χ0v) is 18.7. The molecule has 0 aliphatic carbocycles. The number of carbonyl (C=O) groups is 3. The summed E-state index contributed by atoms with van der Waals surface area (Å²) in [6, 6.07) is 4.38. The fourth-order valence-electron chi connectivity index (χ4n) is 3.64. The Labute approximate surface area is 184 Å². The summed E-state index contributed by atoms with van der Waals surface area (Å²) in [6.07, 6.45) is 0.290. The number of benzene rings is 1. The predicted molar refractivity (Wildman–Crippen MR) is 115 cm³/mol. The summed E-state index contributed by atoms with van der Waals surface area (Å²) in [6.45, 7) is -0.544. The number of carboxylic acid groups (broad SMARTS) is 1. The van der Waals surface area contributed by atoms with Gasteiger partial charge in [-0.25, -0.2) is 8.42 Å². The molecule has 1 aromatic rings. The van der Waals surface area contributed by atoms with Crippen LogP contribution in [0.15, 0.2) is 27.6 Å². The van der Waals surface area contributed by atoms with Gasteiger partial charge in [0.25, 0.3) is 11.8 Å². The Kier molecular flexibility index (Phi) is 5.08. The lowest BCUT2D eigenvalue weighted by molar-refractivity contribution is -0.136. The Bertz CT molecular complexity index is 1130. The summed E-state index contributed by atoms with van der Waals surface area (Å²) >= 11 is 9.59. The highest BCUT2D eigenvalue weighted by atomic mass is 79.9. The van der Waals surface area contributed by atoms with Crippen LogP contribution in [0.4, 0.5) is 5.69 Å². The number of aliphatic carboxylic acids is 1. The van der Waals surface area contributed by atoms with E-state index in [2.05, 4.69) is 15.9 Å². The number of rotatable bonds is 3. The fraction of sp³-hybridized carbons (Fsp3) is 0.294. The molecular weight excluding hydrogens is 504 g/mol. The van der Waals surface area contributed by atoms with E-state index >= 15 is 0 Å². The molecule has 0 saturated carbocycles. The standard InChI is InChI=1S/C17H13BrN2O6S3/c18-8-1-2-11-10(5-8)13(15(23)19(11)6-12(21)22)14-16(24)20(17(27)28-14)9-3-4-29(25,26)7-9/h1-2,5,9H,3-4,6-7H2,(H,21,22)/b14-13+/t9-/m1/s1. The number of thiocarbonyl (C=S) groups is 1. The summed E-state index contributed by atoms with van der Waals surface area (Å²) in [7, 11) is -3.23. The highest BCUT2D eigenvalue weighted by molar-refractivity contribution is 9.10. The van der Waals surface area contributed by atoms with Crippen LogP contribution < -0.4 is 4.90 Å². The van der Waals surface area contributed by atoms with Crippen molar-refractivity contribution in [3.63, 3.8) is 0 Å². The fourth-order valence-corrected chi connectivity index (χ4v) is 7.17. The average molecular weight is 517 g/mol. The number of thioether (sulfide) groups is 1. The van der Waals surface area contributed by atoms with Crippen LogP contribution in [0.3, 0.4) is 0 Å². The third-order valence-electron chi connectivity index (χ3n) is 4.87. The van der Waals surface area contributed by atoms with Gasteiger partial charge in [-0.05, 0) is 24.6 Å². The molecule has 4 rings (SSSR count). The molecule has 2 amide bonds. The second-order valence-electron chi connectivity index (χ2n) is 6.75. The molecule has 0 radical (unpaired) electrons. The number of hydrogen-bond donors (Lipinski definition) is 1. The van der Waals surface area contributed by atoms with Crippen LogP contribution >= 0.6 is 39.9 Å². The quantitative estimate of drug-likeness (QED) is 0.476. The summed E-state index contributed by atoms with van der Waals surface area (Å²) in [4.78, 5) is 39.9. The monoisotopic (exact) mass is 516 g/mol. The van der Waals surface area contributed by atoms with E-state index < -0.39 is 40.2 Å². The van der Waals surface area contributed by atoms with Gasteiger partial charge in [0.2, 0.25) is 0 Å². The van der Waals surface area contributed by atoms with Crippen LogP contribution in [-0.2, 0) is 24.2 Å².